The van der Waals surface area contributed by atoms with Gasteiger partial charge >= 0.3 is 0 Å². The fraction of sp³-hybridized carbons (Fsp3) is 0.118. The highest BCUT2D eigenvalue weighted by Crippen LogP contribution is 2.29. The highest BCUT2D eigenvalue weighted by molar-refractivity contribution is 6.44. The third-order valence-electron chi connectivity index (χ3n) is 3.47. The van der Waals surface area contributed by atoms with Crippen LogP contribution in [0.5, 0.6) is 0 Å². The molecule has 2 amide bonds. The Bertz CT molecular complexity index is 840. The maximum Gasteiger partial charge on any atom is 0.249 e. The predicted molar refractivity (Wildman–Crippen MR) is 99.1 cm³/mol. The third kappa shape index (κ3) is 4.29. The number of carbonyl (C=O) groups is 2. The van der Waals surface area contributed by atoms with Crippen molar-refractivity contribution in [2.45, 2.75) is 12.5 Å². The molecule has 2 aromatic rings. The van der Waals surface area contributed by atoms with Crippen LogP contribution in [0.4, 0.5) is 11.4 Å². The molecule has 0 radical (unpaired) electrons. The highest BCUT2D eigenvalue weighted by atomic mass is 35.5. The van der Waals surface area contributed by atoms with E-state index < -0.39 is 11.9 Å². The molecule has 0 spiro atoms. The van der Waals surface area contributed by atoms with E-state index in [9.17, 15) is 9.59 Å². The lowest BCUT2D eigenvalue weighted by atomic mass is 10.1. The van der Waals surface area contributed by atoms with E-state index in [1.807, 2.05) is 30.3 Å². The van der Waals surface area contributed by atoms with E-state index >= 15 is 0 Å². The van der Waals surface area contributed by atoms with Gasteiger partial charge in [0.2, 0.25) is 17.8 Å². The number of anilines is 2. The number of nitrogens with zero attached hydrogens (tertiary/aromatic N) is 1. The molecule has 1 aliphatic heterocycles. The van der Waals surface area contributed by atoms with Crippen molar-refractivity contribution in [3.05, 3.63) is 58.6 Å². The van der Waals surface area contributed by atoms with E-state index in [2.05, 4.69) is 20.9 Å². The van der Waals surface area contributed by atoms with E-state index in [1.54, 1.807) is 18.2 Å². The molecule has 1 atom stereocenters. The zero-order valence-electron chi connectivity index (χ0n) is 12.9. The monoisotopic (exact) mass is 376 g/mol. The predicted octanol–water partition coefficient (Wildman–Crippen LogP) is 3.29. The molecular weight excluding hydrogens is 363 g/mol. The van der Waals surface area contributed by atoms with Gasteiger partial charge in [-0.05, 0) is 24.3 Å². The highest BCUT2D eigenvalue weighted by Gasteiger charge is 2.27. The van der Waals surface area contributed by atoms with Crippen molar-refractivity contribution in [2.24, 2.45) is 4.99 Å². The Hall–Kier alpha value is -2.57. The molecule has 0 unspecified atom stereocenters. The van der Waals surface area contributed by atoms with Crippen LogP contribution in [0, 0.1) is 0 Å². The molecule has 3 rings (SSSR count). The lowest BCUT2D eigenvalue weighted by Gasteiger charge is -2.21. The van der Waals surface area contributed by atoms with Crippen LogP contribution in [0.25, 0.3) is 0 Å². The fourth-order valence-corrected chi connectivity index (χ4v) is 2.63. The van der Waals surface area contributed by atoms with Crippen LogP contribution in [0.15, 0.2) is 53.5 Å². The van der Waals surface area contributed by atoms with Crippen LogP contribution < -0.4 is 16.0 Å². The first kappa shape index (κ1) is 17.3. The van der Waals surface area contributed by atoms with Gasteiger partial charge in [-0.2, -0.15) is 0 Å². The van der Waals surface area contributed by atoms with Crippen molar-refractivity contribution < 1.29 is 9.59 Å². The average molecular weight is 377 g/mol. The van der Waals surface area contributed by atoms with Crippen molar-refractivity contribution in [1.29, 1.82) is 0 Å². The number of hydrogen-bond donors (Lipinski definition) is 3. The summed E-state index contributed by atoms with van der Waals surface area (Å²) in [5, 5.41) is 8.80. The van der Waals surface area contributed by atoms with Gasteiger partial charge in [0.1, 0.15) is 6.04 Å². The Morgan fingerprint density at radius 3 is 2.64 bits per heavy atom. The van der Waals surface area contributed by atoms with E-state index in [1.165, 1.54) is 0 Å². The number of nitrogens with one attached hydrogen (secondary N) is 3. The Labute approximate surface area is 154 Å². The van der Waals surface area contributed by atoms with Crippen LogP contribution in [-0.2, 0) is 9.59 Å². The summed E-state index contributed by atoms with van der Waals surface area (Å²) in [6.07, 6.45) is -0.0516. The summed E-state index contributed by atoms with van der Waals surface area (Å²) in [5.41, 5.74) is 1.12. The Kier molecular flexibility index (Phi) is 5.21. The number of guanidine groups is 1. The Morgan fingerprint density at radius 2 is 1.88 bits per heavy atom. The van der Waals surface area contributed by atoms with Crippen LogP contribution >= 0.6 is 23.2 Å². The summed E-state index contributed by atoms with van der Waals surface area (Å²) in [4.78, 5) is 28.6. The summed E-state index contributed by atoms with van der Waals surface area (Å²) >= 11 is 12.0. The Morgan fingerprint density at radius 1 is 1.12 bits per heavy atom. The lowest BCUT2D eigenvalue weighted by molar-refractivity contribution is -0.124. The number of halogens is 2. The van der Waals surface area contributed by atoms with E-state index in [4.69, 9.17) is 23.2 Å². The van der Waals surface area contributed by atoms with Crippen LogP contribution in [0.2, 0.25) is 10.0 Å². The first-order valence-electron chi connectivity index (χ1n) is 7.47. The topological polar surface area (TPSA) is 82.6 Å². The average Bonchev–Trinajstić information content (AvgIpc) is 2.59. The zero-order chi connectivity index (χ0) is 17.8. The molecule has 2 aromatic carbocycles. The first-order valence-corrected chi connectivity index (χ1v) is 8.23. The van der Waals surface area contributed by atoms with Crippen LogP contribution in [0.1, 0.15) is 6.42 Å². The van der Waals surface area contributed by atoms with Gasteiger partial charge in [-0.15, -0.1) is 0 Å². The fourth-order valence-electron chi connectivity index (χ4n) is 2.28. The lowest BCUT2D eigenvalue weighted by Crippen LogP contribution is -2.45. The van der Waals surface area contributed by atoms with Gasteiger partial charge in [-0.1, -0.05) is 47.5 Å². The third-order valence-corrected chi connectivity index (χ3v) is 4.29. The molecule has 3 N–H and O–H groups in total. The SMILES string of the molecule is O=C1C[C@@H](C(=O)Nc2cccc(Cl)c2Cl)N=C(Nc2ccccc2)N1. The molecule has 25 heavy (non-hydrogen) atoms. The normalized spacial score (nSPS) is 16.6. The number of amides is 2. The van der Waals surface area contributed by atoms with Crippen LogP contribution in [-0.4, -0.2) is 23.8 Å². The molecule has 0 bridgehead atoms. The standard InChI is InChI=1S/C17H14Cl2N4O2/c18-11-7-4-8-12(15(11)19)21-16(25)13-9-14(24)23-17(22-13)20-10-5-2-1-3-6-10/h1-8,13H,9H2,(H,21,25)(H2,20,22,23,24)/t13-/m0/s1. The second-order valence-electron chi connectivity index (χ2n) is 5.33. The molecule has 0 aromatic heterocycles. The van der Waals surface area contributed by atoms with Gasteiger partial charge in [0.15, 0.2) is 0 Å². The molecule has 1 aliphatic rings. The summed E-state index contributed by atoms with van der Waals surface area (Å²) < 4.78 is 0. The van der Waals surface area contributed by atoms with Gasteiger partial charge in [-0.3, -0.25) is 14.9 Å². The van der Waals surface area contributed by atoms with Crippen molar-refractivity contribution >= 4 is 52.4 Å². The maximum atomic E-state index is 12.4. The number of carbonyl (C=O) groups excluding carboxylic acids is 2. The molecule has 0 saturated heterocycles. The second kappa shape index (κ2) is 7.55. The molecule has 0 fully saturated rings. The Balaban J connectivity index is 1.76. The van der Waals surface area contributed by atoms with Crippen LogP contribution in [0.3, 0.4) is 0 Å². The molecule has 1 heterocycles. The van der Waals surface area contributed by atoms with Gasteiger partial charge in [0.05, 0.1) is 22.2 Å². The van der Waals surface area contributed by atoms with Gasteiger partial charge < -0.3 is 10.6 Å². The second-order valence-corrected chi connectivity index (χ2v) is 6.11. The summed E-state index contributed by atoms with van der Waals surface area (Å²) in [6.45, 7) is 0. The van der Waals surface area contributed by atoms with Gasteiger partial charge in [0.25, 0.3) is 0 Å². The molecule has 0 aliphatic carbocycles. The van der Waals surface area contributed by atoms with Gasteiger partial charge in [-0.25, -0.2) is 4.99 Å². The first-order chi connectivity index (χ1) is 12.0. The molecule has 6 nitrogen and oxygen atoms in total. The number of benzene rings is 2. The van der Waals surface area contributed by atoms with E-state index in [0.717, 1.165) is 5.69 Å². The smallest absolute Gasteiger partial charge is 0.249 e. The molecule has 128 valence electrons. The summed E-state index contributed by atoms with van der Waals surface area (Å²) in [7, 11) is 0. The maximum absolute atomic E-state index is 12.4. The number of hydrogen-bond acceptors (Lipinski definition) is 4. The quantitative estimate of drug-likeness (QED) is 0.768. The molecular formula is C17H14Cl2N4O2. The molecule has 8 heteroatoms. The van der Waals surface area contributed by atoms with Crippen molar-refractivity contribution in [1.82, 2.24) is 5.32 Å². The minimum Gasteiger partial charge on any atom is -0.326 e. The number of rotatable bonds is 3. The minimum absolute atomic E-state index is 0.0516. The zero-order valence-corrected chi connectivity index (χ0v) is 14.4. The molecule has 0 saturated carbocycles. The summed E-state index contributed by atoms with van der Waals surface area (Å²) in [6, 6.07) is 13.3. The largest absolute Gasteiger partial charge is 0.326 e. The number of aliphatic imine (C=N–C) groups is 1. The van der Waals surface area contributed by atoms with Crippen molar-refractivity contribution in [3.8, 4) is 0 Å². The van der Waals surface area contributed by atoms with Crippen molar-refractivity contribution in [2.75, 3.05) is 10.6 Å². The minimum atomic E-state index is -0.866. The number of para-hydroxylation sites is 1. The summed E-state index contributed by atoms with van der Waals surface area (Å²) in [5.74, 6) is -0.517. The van der Waals surface area contributed by atoms with Gasteiger partial charge in [0, 0.05) is 5.69 Å². The van der Waals surface area contributed by atoms with Crippen molar-refractivity contribution in [3.63, 3.8) is 0 Å². The van der Waals surface area contributed by atoms with E-state index in [0.29, 0.717) is 10.7 Å². The van der Waals surface area contributed by atoms with E-state index in [-0.39, 0.29) is 23.3 Å².